The van der Waals surface area contributed by atoms with Gasteiger partial charge in [-0.25, -0.2) is 4.79 Å². The van der Waals surface area contributed by atoms with Crippen LogP contribution in [-0.4, -0.2) is 25.3 Å². The van der Waals surface area contributed by atoms with E-state index in [9.17, 15) is 4.79 Å². The molecule has 0 aromatic heterocycles. The molecule has 0 spiro atoms. The quantitative estimate of drug-likeness (QED) is 0.334. The van der Waals surface area contributed by atoms with Gasteiger partial charge in [-0.1, -0.05) is 38.0 Å². The van der Waals surface area contributed by atoms with Crippen molar-refractivity contribution >= 4 is 5.97 Å². The molecule has 3 heteroatoms. The van der Waals surface area contributed by atoms with Crippen molar-refractivity contribution in [1.29, 1.82) is 0 Å². The highest BCUT2D eigenvalue weighted by Crippen LogP contribution is 2.20. The summed E-state index contributed by atoms with van der Waals surface area (Å²) < 4.78 is 10.3. The number of esters is 1. The van der Waals surface area contributed by atoms with Crippen LogP contribution in [0.5, 0.6) is 0 Å². The van der Waals surface area contributed by atoms with Crippen LogP contribution in [-0.2, 0) is 14.3 Å². The lowest BCUT2D eigenvalue weighted by Crippen LogP contribution is -2.22. The highest BCUT2D eigenvalue weighted by Gasteiger charge is 2.15. The third-order valence-electron chi connectivity index (χ3n) is 3.65. The monoisotopic (exact) mass is 296 g/mol. The molecule has 1 atom stereocenters. The van der Waals surface area contributed by atoms with Crippen LogP contribution in [0.4, 0.5) is 0 Å². The van der Waals surface area contributed by atoms with Gasteiger partial charge in [-0.15, -0.1) is 0 Å². The maximum absolute atomic E-state index is 11.4. The predicted octanol–water partition coefficient (Wildman–Crippen LogP) is 4.67. The highest BCUT2D eigenvalue weighted by molar-refractivity contribution is 5.88. The first-order valence-corrected chi connectivity index (χ1v) is 7.88. The van der Waals surface area contributed by atoms with E-state index in [-0.39, 0.29) is 11.6 Å². The molecule has 0 aromatic rings. The summed E-state index contributed by atoms with van der Waals surface area (Å²) in [6.07, 6.45) is 10.4. The SMILES string of the molecule is CCOC(=O)/C(C)=C/C=C/CC(C)CCCC(C)(C)OC. The molecule has 3 nitrogen and oxygen atoms in total. The minimum atomic E-state index is -0.239. The van der Waals surface area contributed by atoms with E-state index in [1.807, 2.05) is 19.1 Å². The fourth-order valence-electron chi connectivity index (χ4n) is 1.93. The molecule has 0 aliphatic rings. The van der Waals surface area contributed by atoms with E-state index in [1.165, 1.54) is 12.8 Å². The second kappa shape index (κ2) is 10.6. The lowest BCUT2D eigenvalue weighted by molar-refractivity contribution is -0.138. The molecule has 0 amide bonds. The third-order valence-corrected chi connectivity index (χ3v) is 3.65. The summed E-state index contributed by atoms with van der Waals surface area (Å²) in [4.78, 5) is 11.4. The van der Waals surface area contributed by atoms with Gasteiger partial charge in [-0.2, -0.15) is 0 Å². The van der Waals surface area contributed by atoms with Gasteiger partial charge in [-0.05, 0) is 46.5 Å². The molecule has 0 radical (unpaired) electrons. The topological polar surface area (TPSA) is 35.5 Å². The molecule has 0 saturated heterocycles. The molecule has 0 aliphatic carbocycles. The zero-order chi connectivity index (χ0) is 16.3. The number of rotatable bonds is 10. The molecule has 0 N–H and O–H groups in total. The van der Waals surface area contributed by atoms with Gasteiger partial charge >= 0.3 is 5.97 Å². The second-order valence-corrected chi connectivity index (χ2v) is 6.20. The van der Waals surface area contributed by atoms with Crippen LogP contribution in [0.1, 0.15) is 60.3 Å². The minimum absolute atomic E-state index is 0.0188. The fourth-order valence-corrected chi connectivity index (χ4v) is 1.93. The van der Waals surface area contributed by atoms with Crippen LogP contribution in [0.2, 0.25) is 0 Å². The van der Waals surface area contributed by atoms with E-state index >= 15 is 0 Å². The Morgan fingerprint density at radius 3 is 2.57 bits per heavy atom. The molecule has 0 saturated carbocycles. The molecule has 0 rings (SSSR count). The summed E-state index contributed by atoms with van der Waals surface area (Å²) in [5.41, 5.74) is 0.622. The molecule has 0 fully saturated rings. The summed E-state index contributed by atoms with van der Waals surface area (Å²) in [6.45, 7) is 10.5. The second-order valence-electron chi connectivity index (χ2n) is 6.20. The van der Waals surface area contributed by atoms with Gasteiger partial charge in [0.25, 0.3) is 0 Å². The number of methoxy groups -OCH3 is 1. The van der Waals surface area contributed by atoms with Crippen molar-refractivity contribution in [3.63, 3.8) is 0 Å². The van der Waals surface area contributed by atoms with Crippen LogP contribution in [0.25, 0.3) is 0 Å². The average Bonchev–Trinajstić information content (AvgIpc) is 2.43. The lowest BCUT2D eigenvalue weighted by atomic mass is 9.95. The summed E-state index contributed by atoms with van der Waals surface area (Å²) >= 11 is 0. The molecule has 0 bridgehead atoms. The van der Waals surface area contributed by atoms with Gasteiger partial charge in [0.1, 0.15) is 0 Å². The Morgan fingerprint density at radius 2 is 2.00 bits per heavy atom. The lowest BCUT2D eigenvalue weighted by Gasteiger charge is -2.23. The van der Waals surface area contributed by atoms with Crippen molar-refractivity contribution in [1.82, 2.24) is 0 Å². The Bertz CT molecular complexity index is 353. The molecule has 1 unspecified atom stereocenters. The molecule has 0 aromatic carbocycles. The first-order chi connectivity index (χ1) is 9.82. The van der Waals surface area contributed by atoms with Crippen molar-refractivity contribution in [3.8, 4) is 0 Å². The smallest absolute Gasteiger partial charge is 0.333 e. The average molecular weight is 296 g/mol. The Labute approximate surface area is 130 Å². The van der Waals surface area contributed by atoms with E-state index < -0.39 is 0 Å². The third kappa shape index (κ3) is 10.3. The normalized spacial score (nSPS) is 14.5. The Kier molecular flexibility index (Phi) is 10.1. The van der Waals surface area contributed by atoms with E-state index in [2.05, 4.69) is 26.8 Å². The molecule has 0 heterocycles. The van der Waals surface area contributed by atoms with Crippen molar-refractivity contribution in [2.75, 3.05) is 13.7 Å². The van der Waals surface area contributed by atoms with E-state index in [1.54, 1.807) is 14.0 Å². The van der Waals surface area contributed by atoms with E-state index in [4.69, 9.17) is 9.47 Å². The van der Waals surface area contributed by atoms with Gasteiger partial charge in [0, 0.05) is 12.7 Å². The van der Waals surface area contributed by atoms with Crippen LogP contribution in [0.3, 0.4) is 0 Å². The molecular formula is C18H32O3. The summed E-state index contributed by atoms with van der Waals surface area (Å²) in [5.74, 6) is 0.405. The predicted molar refractivity (Wildman–Crippen MR) is 88.3 cm³/mol. The van der Waals surface area contributed by atoms with E-state index in [0.717, 1.165) is 12.8 Å². The fraction of sp³-hybridized carbons (Fsp3) is 0.722. The van der Waals surface area contributed by atoms with Crippen LogP contribution in [0.15, 0.2) is 23.8 Å². The van der Waals surface area contributed by atoms with Crippen LogP contribution in [0, 0.1) is 5.92 Å². The largest absolute Gasteiger partial charge is 0.463 e. The summed E-state index contributed by atoms with van der Waals surface area (Å²) in [7, 11) is 1.77. The van der Waals surface area contributed by atoms with Crippen molar-refractivity contribution in [3.05, 3.63) is 23.8 Å². The van der Waals surface area contributed by atoms with Crippen molar-refractivity contribution < 1.29 is 14.3 Å². The standard InChI is InChI=1S/C18H32O3/c1-7-21-17(19)16(3)13-9-8-11-15(2)12-10-14-18(4,5)20-6/h8-9,13,15H,7,10-12,14H2,1-6H3/b9-8+,16-13+. The first-order valence-electron chi connectivity index (χ1n) is 7.88. The van der Waals surface area contributed by atoms with Crippen molar-refractivity contribution in [2.45, 2.75) is 65.9 Å². The number of allylic oxidation sites excluding steroid dienone is 3. The van der Waals surface area contributed by atoms with Gasteiger partial charge in [0.2, 0.25) is 0 Å². The maximum atomic E-state index is 11.4. The Balaban J connectivity index is 3.97. The van der Waals surface area contributed by atoms with Crippen LogP contribution >= 0.6 is 0 Å². The van der Waals surface area contributed by atoms with Gasteiger partial charge in [0.15, 0.2) is 0 Å². The van der Waals surface area contributed by atoms with Crippen LogP contribution < -0.4 is 0 Å². The molecule has 21 heavy (non-hydrogen) atoms. The Morgan fingerprint density at radius 1 is 1.33 bits per heavy atom. The highest BCUT2D eigenvalue weighted by atomic mass is 16.5. The molecular weight excluding hydrogens is 264 g/mol. The summed E-state index contributed by atoms with van der Waals surface area (Å²) in [5, 5.41) is 0. The zero-order valence-corrected chi connectivity index (χ0v) is 14.6. The maximum Gasteiger partial charge on any atom is 0.333 e. The van der Waals surface area contributed by atoms with Crippen molar-refractivity contribution in [2.24, 2.45) is 5.92 Å². The van der Waals surface area contributed by atoms with Gasteiger partial charge < -0.3 is 9.47 Å². The van der Waals surface area contributed by atoms with Gasteiger partial charge in [-0.3, -0.25) is 0 Å². The zero-order valence-electron chi connectivity index (χ0n) is 14.6. The number of hydrogen-bond acceptors (Lipinski definition) is 3. The molecule has 122 valence electrons. The molecule has 0 aliphatic heterocycles. The minimum Gasteiger partial charge on any atom is -0.463 e. The number of hydrogen-bond donors (Lipinski definition) is 0. The number of carbonyl (C=O) groups excluding carboxylic acids is 1. The number of carbonyl (C=O) groups is 1. The Hall–Kier alpha value is -1.09. The summed E-state index contributed by atoms with van der Waals surface area (Å²) in [6, 6.07) is 0. The first kappa shape index (κ1) is 19.9. The van der Waals surface area contributed by atoms with E-state index in [0.29, 0.717) is 18.1 Å². The van der Waals surface area contributed by atoms with Gasteiger partial charge in [0.05, 0.1) is 12.2 Å². The number of ether oxygens (including phenoxy) is 2.